The first-order chi connectivity index (χ1) is 10.7. The zero-order valence-electron chi connectivity index (χ0n) is 12.7. The van der Waals surface area contributed by atoms with Gasteiger partial charge in [0.2, 0.25) is 0 Å². The molecule has 0 unspecified atom stereocenters. The van der Waals surface area contributed by atoms with Gasteiger partial charge in [0.05, 0.1) is 23.9 Å². The van der Waals surface area contributed by atoms with Crippen molar-refractivity contribution in [2.24, 2.45) is 0 Å². The van der Waals surface area contributed by atoms with E-state index in [1.54, 1.807) is 0 Å². The van der Waals surface area contributed by atoms with Crippen LogP contribution >= 0.6 is 15.9 Å². The Labute approximate surface area is 139 Å². The fraction of sp³-hybridized carbons (Fsp3) is 0.588. The van der Waals surface area contributed by atoms with Crippen molar-refractivity contribution >= 4 is 26.8 Å². The van der Waals surface area contributed by atoms with Crippen LogP contribution in [-0.4, -0.2) is 45.0 Å². The zero-order chi connectivity index (χ0) is 15.1. The van der Waals surface area contributed by atoms with E-state index in [1.807, 2.05) is 6.20 Å². The molecule has 22 heavy (non-hydrogen) atoms. The number of β-amino-alcohol motifs (C(OH)–C–C–N with tert-alkyl or cyclic N) is 1. The predicted molar refractivity (Wildman–Crippen MR) is 90.9 cm³/mol. The van der Waals surface area contributed by atoms with Crippen molar-refractivity contribution < 1.29 is 5.11 Å². The molecule has 118 valence electrons. The second-order valence-corrected chi connectivity index (χ2v) is 7.52. The number of aliphatic hydroxyl groups excluding tert-OH is 1. The predicted octanol–water partition coefficient (Wildman–Crippen LogP) is 3.35. The molecule has 2 aliphatic rings. The summed E-state index contributed by atoms with van der Waals surface area (Å²) in [5, 5.41) is 15.6. The maximum absolute atomic E-state index is 9.72. The van der Waals surface area contributed by atoms with Crippen LogP contribution in [0.3, 0.4) is 0 Å². The molecule has 0 amide bonds. The van der Waals surface area contributed by atoms with E-state index in [4.69, 9.17) is 0 Å². The van der Waals surface area contributed by atoms with Gasteiger partial charge < -0.3 is 5.11 Å². The molecule has 2 fully saturated rings. The average Bonchev–Trinajstić information content (AvgIpc) is 3.15. The highest BCUT2D eigenvalue weighted by atomic mass is 79.9. The summed E-state index contributed by atoms with van der Waals surface area (Å²) in [7, 11) is 0. The van der Waals surface area contributed by atoms with Gasteiger partial charge in [-0.25, -0.2) is 0 Å². The molecule has 1 aromatic carbocycles. The molecule has 1 N–H and O–H groups in total. The fourth-order valence-corrected chi connectivity index (χ4v) is 4.55. The Morgan fingerprint density at radius 1 is 1.09 bits per heavy atom. The van der Waals surface area contributed by atoms with Crippen LogP contribution in [0.5, 0.6) is 0 Å². The van der Waals surface area contributed by atoms with Crippen LogP contribution in [0, 0.1) is 0 Å². The van der Waals surface area contributed by atoms with Gasteiger partial charge in [-0.2, -0.15) is 5.10 Å². The molecule has 0 bridgehead atoms. The summed E-state index contributed by atoms with van der Waals surface area (Å²) in [5.74, 6) is 0. The summed E-state index contributed by atoms with van der Waals surface area (Å²) in [6, 6.07) is 7.49. The maximum Gasteiger partial charge on any atom is 0.0697 e. The Morgan fingerprint density at radius 2 is 1.86 bits per heavy atom. The number of likely N-dealkylation sites (tertiary alicyclic amines) is 1. The van der Waals surface area contributed by atoms with E-state index in [1.165, 1.54) is 36.6 Å². The number of halogens is 1. The van der Waals surface area contributed by atoms with Crippen LogP contribution in [0.25, 0.3) is 10.9 Å². The standard InChI is InChI=1S/C17H22BrN3O/c18-16-2-1-3-17-15(16)10-19-21(17)13-6-4-12(5-7-13)20-9-8-14(22)11-20/h1-3,10,12-14,22H,4-9,11H2/t12-,13-,14-/m1/s1. The Bertz CT molecular complexity index is 663. The Morgan fingerprint density at radius 3 is 2.59 bits per heavy atom. The summed E-state index contributed by atoms with van der Waals surface area (Å²) in [4.78, 5) is 2.48. The molecule has 1 aliphatic carbocycles. The van der Waals surface area contributed by atoms with Crippen LogP contribution < -0.4 is 0 Å². The third-order valence-corrected chi connectivity index (χ3v) is 6.00. The van der Waals surface area contributed by atoms with E-state index < -0.39 is 0 Å². The molecule has 0 spiro atoms. The largest absolute Gasteiger partial charge is 0.392 e. The molecule has 1 atom stereocenters. The van der Waals surface area contributed by atoms with Crippen LogP contribution in [0.4, 0.5) is 0 Å². The quantitative estimate of drug-likeness (QED) is 0.889. The SMILES string of the molecule is O[C@@H]1CCN([C@H]2CC[C@H](n3ncc4c(Br)cccc43)CC2)C1. The minimum absolute atomic E-state index is 0.106. The molecule has 4 rings (SSSR count). The average molecular weight is 364 g/mol. The topological polar surface area (TPSA) is 41.3 Å². The van der Waals surface area contributed by atoms with Gasteiger partial charge in [0.25, 0.3) is 0 Å². The molecular formula is C17H22BrN3O. The molecular weight excluding hydrogens is 342 g/mol. The van der Waals surface area contributed by atoms with E-state index in [0.29, 0.717) is 12.1 Å². The summed E-state index contributed by atoms with van der Waals surface area (Å²) in [5.41, 5.74) is 1.23. The molecule has 0 radical (unpaired) electrons. The molecule has 4 nitrogen and oxygen atoms in total. The van der Waals surface area contributed by atoms with Crippen molar-refractivity contribution in [3.05, 3.63) is 28.9 Å². The number of rotatable bonds is 2. The van der Waals surface area contributed by atoms with Gasteiger partial charge in [-0.1, -0.05) is 22.0 Å². The van der Waals surface area contributed by atoms with E-state index >= 15 is 0 Å². The third-order valence-electron chi connectivity index (χ3n) is 5.31. The highest BCUT2D eigenvalue weighted by Gasteiger charge is 2.31. The van der Waals surface area contributed by atoms with Gasteiger partial charge in [0, 0.05) is 29.0 Å². The minimum atomic E-state index is -0.106. The van der Waals surface area contributed by atoms with E-state index in [-0.39, 0.29) is 6.10 Å². The van der Waals surface area contributed by atoms with Crippen molar-refractivity contribution in [3.63, 3.8) is 0 Å². The van der Waals surface area contributed by atoms with Crippen LogP contribution in [-0.2, 0) is 0 Å². The van der Waals surface area contributed by atoms with Crippen molar-refractivity contribution in [3.8, 4) is 0 Å². The highest BCUT2D eigenvalue weighted by Crippen LogP contribution is 2.35. The molecule has 5 heteroatoms. The number of hydrogen-bond donors (Lipinski definition) is 1. The fourth-order valence-electron chi connectivity index (χ4n) is 4.09. The van der Waals surface area contributed by atoms with Crippen molar-refractivity contribution in [2.45, 2.75) is 50.3 Å². The highest BCUT2D eigenvalue weighted by molar-refractivity contribution is 9.10. The minimum Gasteiger partial charge on any atom is -0.392 e. The second-order valence-electron chi connectivity index (χ2n) is 6.66. The molecule has 1 aromatic heterocycles. The Hall–Kier alpha value is -0.910. The van der Waals surface area contributed by atoms with Gasteiger partial charge in [-0.05, 0) is 44.2 Å². The van der Waals surface area contributed by atoms with Gasteiger partial charge in [0.15, 0.2) is 0 Å². The van der Waals surface area contributed by atoms with E-state index in [9.17, 15) is 5.11 Å². The summed E-state index contributed by atoms with van der Waals surface area (Å²) in [6.07, 6.45) is 7.60. The molecule has 1 saturated carbocycles. The van der Waals surface area contributed by atoms with Crippen molar-refractivity contribution in [2.75, 3.05) is 13.1 Å². The zero-order valence-corrected chi connectivity index (χ0v) is 14.2. The van der Waals surface area contributed by atoms with E-state index in [2.05, 4.69) is 48.8 Å². The molecule has 1 saturated heterocycles. The lowest BCUT2D eigenvalue weighted by Crippen LogP contribution is -2.37. The number of aliphatic hydroxyl groups is 1. The Kier molecular flexibility index (Phi) is 3.96. The molecule has 2 heterocycles. The first kappa shape index (κ1) is 14.7. The number of hydrogen-bond acceptors (Lipinski definition) is 3. The van der Waals surface area contributed by atoms with Gasteiger partial charge in [-0.3, -0.25) is 9.58 Å². The lowest BCUT2D eigenvalue weighted by molar-refractivity contribution is 0.130. The lowest BCUT2D eigenvalue weighted by atomic mass is 9.90. The van der Waals surface area contributed by atoms with Gasteiger partial charge in [-0.15, -0.1) is 0 Å². The van der Waals surface area contributed by atoms with Crippen LogP contribution in [0.2, 0.25) is 0 Å². The monoisotopic (exact) mass is 363 g/mol. The number of nitrogens with zero attached hydrogens (tertiary/aromatic N) is 3. The third kappa shape index (κ3) is 2.59. The summed E-state index contributed by atoms with van der Waals surface area (Å²) >= 11 is 3.61. The van der Waals surface area contributed by atoms with Crippen molar-refractivity contribution in [1.82, 2.24) is 14.7 Å². The van der Waals surface area contributed by atoms with Crippen LogP contribution in [0.1, 0.15) is 38.1 Å². The van der Waals surface area contributed by atoms with Gasteiger partial charge in [0.1, 0.15) is 0 Å². The number of fused-ring (bicyclic) bond motifs is 1. The summed E-state index contributed by atoms with van der Waals surface area (Å²) in [6.45, 7) is 1.93. The summed E-state index contributed by atoms with van der Waals surface area (Å²) < 4.78 is 3.34. The normalized spacial score (nSPS) is 30.2. The lowest BCUT2D eigenvalue weighted by Gasteiger charge is -2.34. The first-order valence-corrected chi connectivity index (χ1v) is 9.05. The van der Waals surface area contributed by atoms with E-state index in [0.717, 1.165) is 24.0 Å². The first-order valence-electron chi connectivity index (χ1n) is 8.26. The maximum atomic E-state index is 9.72. The number of benzene rings is 1. The number of aromatic nitrogens is 2. The molecule has 1 aliphatic heterocycles. The van der Waals surface area contributed by atoms with Crippen LogP contribution in [0.15, 0.2) is 28.9 Å². The molecule has 2 aromatic rings. The van der Waals surface area contributed by atoms with Crippen molar-refractivity contribution in [1.29, 1.82) is 0 Å². The Balaban J connectivity index is 1.48. The second kappa shape index (κ2) is 5.95. The van der Waals surface area contributed by atoms with Gasteiger partial charge >= 0.3 is 0 Å². The smallest absolute Gasteiger partial charge is 0.0697 e.